The fraction of sp³-hybridized carbons (Fsp3) is 0.643. The number of carboxylic acids is 1. The highest BCUT2D eigenvalue weighted by Gasteiger charge is 2.23. The van der Waals surface area contributed by atoms with Crippen LogP contribution >= 0.6 is 0 Å². The van der Waals surface area contributed by atoms with Crippen LogP contribution in [0.1, 0.15) is 29.8 Å². The fourth-order valence-corrected chi connectivity index (χ4v) is 2.61. The molecule has 0 saturated carbocycles. The summed E-state index contributed by atoms with van der Waals surface area (Å²) in [5, 5.41) is 9.16. The minimum atomic E-state index is -0.841. The smallest absolute Gasteiger partial charge is 0.310 e. The normalized spacial score (nSPS) is 18.1. The van der Waals surface area contributed by atoms with Crippen LogP contribution < -0.4 is 4.90 Å². The Morgan fingerprint density at radius 1 is 1.15 bits per heavy atom. The molecule has 1 aliphatic rings. The zero-order valence-electron chi connectivity index (χ0n) is 12.6. The van der Waals surface area contributed by atoms with Crippen molar-refractivity contribution in [1.82, 2.24) is 14.9 Å². The van der Waals surface area contributed by atoms with Crippen molar-refractivity contribution >= 4 is 11.9 Å². The molecule has 0 spiro atoms. The van der Waals surface area contributed by atoms with Gasteiger partial charge in [0.05, 0.1) is 5.92 Å². The number of aryl methyl sites for hydroxylation is 2. The molecular weight excluding hydrogens is 256 g/mol. The molecule has 1 aromatic rings. The number of hydrogen-bond acceptors (Lipinski definition) is 5. The number of aliphatic carboxylic acids is 1. The summed E-state index contributed by atoms with van der Waals surface area (Å²) in [7, 11) is 2.10. The van der Waals surface area contributed by atoms with Gasteiger partial charge in [0.1, 0.15) is 0 Å². The first-order chi connectivity index (χ1) is 9.40. The third kappa shape index (κ3) is 2.90. The Bertz CT molecular complexity index is 487. The zero-order valence-corrected chi connectivity index (χ0v) is 12.6. The van der Waals surface area contributed by atoms with Gasteiger partial charge in [-0.15, -0.1) is 0 Å². The highest BCUT2D eigenvalue weighted by Crippen LogP contribution is 2.24. The Morgan fingerprint density at radius 2 is 1.65 bits per heavy atom. The maximum Gasteiger partial charge on any atom is 0.310 e. The van der Waals surface area contributed by atoms with Crippen LogP contribution in [0, 0.1) is 13.8 Å². The van der Waals surface area contributed by atoms with Gasteiger partial charge in [-0.25, -0.2) is 9.97 Å². The van der Waals surface area contributed by atoms with E-state index in [0.29, 0.717) is 0 Å². The van der Waals surface area contributed by atoms with Crippen LogP contribution in [0.3, 0.4) is 0 Å². The second kappa shape index (κ2) is 5.75. The predicted octanol–water partition coefficient (Wildman–Crippen LogP) is 1.03. The number of piperazine rings is 1. The summed E-state index contributed by atoms with van der Waals surface area (Å²) in [6.45, 7) is 9.21. The topological polar surface area (TPSA) is 69.6 Å². The molecule has 1 saturated heterocycles. The van der Waals surface area contributed by atoms with Gasteiger partial charge in [-0.05, 0) is 27.8 Å². The minimum absolute atomic E-state index is 0.573. The first-order valence-electron chi connectivity index (χ1n) is 6.91. The van der Waals surface area contributed by atoms with Gasteiger partial charge in [-0.3, -0.25) is 4.79 Å². The van der Waals surface area contributed by atoms with E-state index in [2.05, 4.69) is 26.8 Å². The Kier molecular flexibility index (Phi) is 4.23. The SMILES string of the molecule is Cc1nc(N2CCN(C)CC2)nc(C)c1C(C)C(=O)O. The predicted molar refractivity (Wildman–Crippen MR) is 77.3 cm³/mol. The second-order valence-corrected chi connectivity index (χ2v) is 5.46. The zero-order chi connectivity index (χ0) is 14.9. The number of rotatable bonds is 3. The molecule has 1 fully saturated rings. The van der Waals surface area contributed by atoms with E-state index in [4.69, 9.17) is 5.11 Å². The maximum absolute atomic E-state index is 11.2. The van der Waals surface area contributed by atoms with Crippen LogP contribution in [0.5, 0.6) is 0 Å². The molecular formula is C14H22N4O2. The quantitative estimate of drug-likeness (QED) is 0.890. The number of anilines is 1. The van der Waals surface area contributed by atoms with Crippen LogP contribution in [-0.4, -0.2) is 59.2 Å². The summed E-state index contributed by atoms with van der Waals surface area (Å²) < 4.78 is 0. The molecule has 1 aliphatic heterocycles. The average Bonchev–Trinajstić information content (AvgIpc) is 2.38. The van der Waals surface area contributed by atoms with Crippen molar-refractivity contribution in [3.63, 3.8) is 0 Å². The number of carbonyl (C=O) groups is 1. The third-order valence-corrected chi connectivity index (χ3v) is 3.90. The highest BCUT2D eigenvalue weighted by atomic mass is 16.4. The van der Waals surface area contributed by atoms with E-state index < -0.39 is 11.9 Å². The summed E-state index contributed by atoms with van der Waals surface area (Å²) >= 11 is 0. The van der Waals surface area contributed by atoms with Crippen LogP contribution in [-0.2, 0) is 4.79 Å². The molecule has 0 aromatic carbocycles. The van der Waals surface area contributed by atoms with Crippen molar-refractivity contribution in [2.24, 2.45) is 0 Å². The minimum Gasteiger partial charge on any atom is -0.481 e. The van der Waals surface area contributed by atoms with Gasteiger partial charge in [-0.2, -0.15) is 0 Å². The molecule has 1 unspecified atom stereocenters. The number of aromatic nitrogens is 2. The molecule has 6 nitrogen and oxygen atoms in total. The Morgan fingerprint density at radius 3 is 2.10 bits per heavy atom. The molecule has 1 aromatic heterocycles. The molecule has 1 atom stereocenters. The van der Waals surface area contributed by atoms with Crippen LogP contribution in [0.2, 0.25) is 0 Å². The van der Waals surface area contributed by atoms with E-state index in [1.165, 1.54) is 0 Å². The molecule has 1 N–H and O–H groups in total. The largest absolute Gasteiger partial charge is 0.481 e. The van der Waals surface area contributed by atoms with Gasteiger partial charge < -0.3 is 14.9 Å². The van der Waals surface area contributed by atoms with Gasteiger partial charge in [0.25, 0.3) is 0 Å². The number of likely N-dealkylation sites (N-methyl/N-ethyl adjacent to an activating group) is 1. The van der Waals surface area contributed by atoms with Crippen molar-refractivity contribution in [2.45, 2.75) is 26.7 Å². The van der Waals surface area contributed by atoms with Crippen LogP contribution in [0.15, 0.2) is 0 Å². The summed E-state index contributed by atoms with van der Waals surface area (Å²) in [6.07, 6.45) is 0. The van der Waals surface area contributed by atoms with E-state index >= 15 is 0 Å². The van der Waals surface area contributed by atoms with E-state index in [1.807, 2.05) is 13.8 Å². The fourth-order valence-electron chi connectivity index (χ4n) is 2.61. The highest BCUT2D eigenvalue weighted by molar-refractivity contribution is 5.76. The molecule has 2 heterocycles. The summed E-state index contributed by atoms with van der Waals surface area (Å²) in [5.74, 6) is -0.696. The first-order valence-corrected chi connectivity index (χ1v) is 6.91. The Hall–Kier alpha value is -1.69. The van der Waals surface area contributed by atoms with E-state index in [9.17, 15) is 4.79 Å². The van der Waals surface area contributed by atoms with E-state index in [0.717, 1.165) is 49.1 Å². The van der Waals surface area contributed by atoms with Crippen molar-refractivity contribution in [1.29, 1.82) is 0 Å². The molecule has 0 aliphatic carbocycles. The third-order valence-electron chi connectivity index (χ3n) is 3.90. The lowest BCUT2D eigenvalue weighted by Gasteiger charge is -2.33. The van der Waals surface area contributed by atoms with E-state index in [1.54, 1.807) is 6.92 Å². The van der Waals surface area contributed by atoms with Crippen molar-refractivity contribution < 1.29 is 9.90 Å². The van der Waals surface area contributed by atoms with Crippen LogP contribution in [0.4, 0.5) is 5.95 Å². The second-order valence-electron chi connectivity index (χ2n) is 5.46. The molecule has 6 heteroatoms. The number of hydrogen-bond donors (Lipinski definition) is 1. The van der Waals surface area contributed by atoms with Gasteiger partial charge in [0.15, 0.2) is 0 Å². The lowest BCUT2D eigenvalue weighted by molar-refractivity contribution is -0.138. The number of carboxylic acid groups (broad SMARTS) is 1. The van der Waals surface area contributed by atoms with Gasteiger partial charge in [0, 0.05) is 43.1 Å². The monoisotopic (exact) mass is 278 g/mol. The van der Waals surface area contributed by atoms with Crippen molar-refractivity contribution in [3.8, 4) is 0 Å². The lowest BCUT2D eigenvalue weighted by atomic mass is 9.98. The van der Waals surface area contributed by atoms with E-state index in [-0.39, 0.29) is 0 Å². The van der Waals surface area contributed by atoms with Gasteiger partial charge in [-0.1, -0.05) is 0 Å². The van der Waals surface area contributed by atoms with Crippen molar-refractivity contribution in [2.75, 3.05) is 38.1 Å². The van der Waals surface area contributed by atoms with Gasteiger partial charge >= 0.3 is 5.97 Å². The average molecular weight is 278 g/mol. The van der Waals surface area contributed by atoms with Crippen LogP contribution in [0.25, 0.3) is 0 Å². The standard InChI is InChI=1S/C14H22N4O2/c1-9(13(19)20)12-10(2)15-14(16-11(12)3)18-7-5-17(4)6-8-18/h9H,5-8H2,1-4H3,(H,19,20). The Balaban J connectivity index is 2.28. The molecule has 0 radical (unpaired) electrons. The number of nitrogens with zero attached hydrogens (tertiary/aromatic N) is 4. The first kappa shape index (κ1) is 14.7. The maximum atomic E-state index is 11.2. The molecule has 0 amide bonds. The molecule has 2 rings (SSSR count). The molecule has 110 valence electrons. The van der Waals surface area contributed by atoms with Gasteiger partial charge in [0.2, 0.25) is 5.95 Å². The summed E-state index contributed by atoms with van der Waals surface area (Å²) in [4.78, 5) is 24.6. The summed E-state index contributed by atoms with van der Waals surface area (Å²) in [6, 6.07) is 0. The van der Waals surface area contributed by atoms with Crippen molar-refractivity contribution in [3.05, 3.63) is 17.0 Å². The summed E-state index contributed by atoms with van der Waals surface area (Å²) in [5.41, 5.74) is 2.26. The molecule has 0 bridgehead atoms. The lowest BCUT2D eigenvalue weighted by Crippen LogP contribution is -2.45. The Labute approximate surface area is 119 Å². The molecule has 20 heavy (non-hydrogen) atoms.